The second-order valence-electron chi connectivity index (χ2n) is 5.79. The van der Waals surface area contributed by atoms with E-state index in [-0.39, 0.29) is 11.7 Å². The number of rotatable bonds is 5. The SMILES string of the molecule is CCN(CC)C(=O)c1cc(-c2ccc(F)cc2)nn1-c1cccc(Cl)c1. The monoisotopic (exact) mass is 371 g/mol. The molecule has 0 spiro atoms. The summed E-state index contributed by atoms with van der Waals surface area (Å²) in [5.74, 6) is -0.432. The standard InChI is InChI=1S/C20H19ClFN3O/c1-3-24(4-2)20(26)19-13-18(14-8-10-16(22)11-9-14)23-25(19)17-7-5-6-15(21)12-17/h5-13H,3-4H2,1-2H3. The van der Waals surface area contributed by atoms with Crippen molar-refractivity contribution in [2.45, 2.75) is 13.8 Å². The molecule has 1 heterocycles. The molecule has 0 saturated carbocycles. The number of hydrogen-bond donors (Lipinski definition) is 0. The number of hydrogen-bond acceptors (Lipinski definition) is 2. The van der Waals surface area contributed by atoms with Crippen molar-refractivity contribution >= 4 is 17.5 Å². The van der Waals surface area contributed by atoms with E-state index in [1.165, 1.54) is 12.1 Å². The third-order valence-corrected chi connectivity index (χ3v) is 4.41. The predicted molar refractivity (Wildman–Crippen MR) is 101 cm³/mol. The topological polar surface area (TPSA) is 38.1 Å². The average molecular weight is 372 g/mol. The summed E-state index contributed by atoms with van der Waals surface area (Å²) in [6, 6.07) is 14.9. The zero-order chi connectivity index (χ0) is 18.7. The second kappa shape index (κ2) is 7.70. The molecule has 0 aliphatic carbocycles. The van der Waals surface area contributed by atoms with Gasteiger partial charge in [0.1, 0.15) is 11.5 Å². The molecule has 1 aromatic heterocycles. The Morgan fingerprint density at radius 2 is 1.81 bits per heavy atom. The van der Waals surface area contributed by atoms with Crippen LogP contribution in [0, 0.1) is 5.82 Å². The minimum absolute atomic E-state index is 0.115. The molecule has 0 N–H and O–H groups in total. The summed E-state index contributed by atoms with van der Waals surface area (Å²) in [6.45, 7) is 5.06. The first-order chi connectivity index (χ1) is 12.5. The van der Waals surface area contributed by atoms with E-state index in [0.717, 1.165) is 5.56 Å². The molecule has 0 saturated heterocycles. The van der Waals surface area contributed by atoms with Crippen LogP contribution in [0.25, 0.3) is 16.9 Å². The van der Waals surface area contributed by atoms with Gasteiger partial charge in [-0.05, 0) is 62.4 Å². The highest BCUT2D eigenvalue weighted by Gasteiger charge is 2.21. The van der Waals surface area contributed by atoms with Crippen LogP contribution in [0.1, 0.15) is 24.3 Å². The minimum atomic E-state index is -0.317. The van der Waals surface area contributed by atoms with Gasteiger partial charge in [0.15, 0.2) is 0 Å². The first kappa shape index (κ1) is 18.1. The molecule has 2 aromatic carbocycles. The lowest BCUT2D eigenvalue weighted by molar-refractivity contribution is 0.0764. The second-order valence-corrected chi connectivity index (χ2v) is 6.23. The molecule has 4 nitrogen and oxygen atoms in total. The van der Waals surface area contributed by atoms with E-state index < -0.39 is 0 Å². The summed E-state index contributed by atoms with van der Waals surface area (Å²) in [5.41, 5.74) is 2.47. The van der Waals surface area contributed by atoms with E-state index >= 15 is 0 Å². The number of carbonyl (C=O) groups excluding carboxylic acids is 1. The molecule has 1 amide bonds. The third kappa shape index (κ3) is 3.63. The highest BCUT2D eigenvalue weighted by Crippen LogP contribution is 2.24. The van der Waals surface area contributed by atoms with Crippen LogP contribution in [0.3, 0.4) is 0 Å². The molecule has 0 bridgehead atoms. The van der Waals surface area contributed by atoms with Crippen LogP contribution in [-0.4, -0.2) is 33.7 Å². The smallest absolute Gasteiger partial charge is 0.272 e. The van der Waals surface area contributed by atoms with Gasteiger partial charge in [0.25, 0.3) is 5.91 Å². The van der Waals surface area contributed by atoms with Gasteiger partial charge in [-0.2, -0.15) is 5.10 Å². The molecule has 3 aromatic rings. The molecule has 0 unspecified atom stereocenters. The van der Waals surface area contributed by atoms with Gasteiger partial charge in [-0.3, -0.25) is 4.79 Å². The maximum atomic E-state index is 13.2. The van der Waals surface area contributed by atoms with Crippen LogP contribution in [-0.2, 0) is 0 Å². The van der Waals surface area contributed by atoms with Crippen molar-refractivity contribution in [3.63, 3.8) is 0 Å². The summed E-state index contributed by atoms with van der Waals surface area (Å²) < 4.78 is 14.8. The molecule has 6 heteroatoms. The quantitative estimate of drug-likeness (QED) is 0.645. The minimum Gasteiger partial charge on any atom is -0.338 e. The van der Waals surface area contributed by atoms with Crippen LogP contribution in [0.4, 0.5) is 4.39 Å². The fourth-order valence-corrected chi connectivity index (χ4v) is 2.96. The summed E-state index contributed by atoms with van der Waals surface area (Å²) in [7, 11) is 0. The van der Waals surface area contributed by atoms with Crippen molar-refractivity contribution in [3.05, 3.63) is 71.1 Å². The number of halogens is 2. The molecule has 134 valence electrons. The van der Waals surface area contributed by atoms with Crippen LogP contribution in [0.2, 0.25) is 5.02 Å². The van der Waals surface area contributed by atoms with Crippen molar-refractivity contribution < 1.29 is 9.18 Å². The van der Waals surface area contributed by atoms with E-state index in [2.05, 4.69) is 5.10 Å². The Morgan fingerprint density at radius 3 is 2.42 bits per heavy atom. The Kier molecular flexibility index (Phi) is 5.38. The Balaban J connectivity index is 2.14. The number of aromatic nitrogens is 2. The summed E-state index contributed by atoms with van der Waals surface area (Å²) in [4.78, 5) is 14.7. The molecule has 0 aliphatic heterocycles. The summed E-state index contributed by atoms with van der Waals surface area (Å²) in [6.07, 6.45) is 0. The summed E-state index contributed by atoms with van der Waals surface area (Å²) >= 11 is 6.11. The Hall–Kier alpha value is -2.66. The van der Waals surface area contributed by atoms with Gasteiger partial charge < -0.3 is 4.90 Å². The van der Waals surface area contributed by atoms with Crippen molar-refractivity contribution in [1.82, 2.24) is 14.7 Å². The fraction of sp³-hybridized carbons (Fsp3) is 0.200. The van der Waals surface area contributed by atoms with E-state index in [0.29, 0.717) is 35.2 Å². The van der Waals surface area contributed by atoms with Gasteiger partial charge in [-0.1, -0.05) is 17.7 Å². The van der Waals surface area contributed by atoms with Crippen molar-refractivity contribution in [1.29, 1.82) is 0 Å². The van der Waals surface area contributed by atoms with Crippen molar-refractivity contribution in [2.24, 2.45) is 0 Å². The molecule has 26 heavy (non-hydrogen) atoms. The van der Waals surface area contributed by atoms with E-state index in [1.54, 1.807) is 39.9 Å². The lowest BCUT2D eigenvalue weighted by atomic mass is 10.1. The maximum Gasteiger partial charge on any atom is 0.272 e. The normalized spacial score (nSPS) is 10.8. The average Bonchev–Trinajstić information content (AvgIpc) is 3.08. The van der Waals surface area contributed by atoms with Crippen molar-refractivity contribution in [3.8, 4) is 16.9 Å². The first-order valence-electron chi connectivity index (χ1n) is 8.44. The number of carbonyl (C=O) groups is 1. The zero-order valence-corrected chi connectivity index (χ0v) is 15.4. The molecule has 0 fully saturated rings. The maximum absolute atomic E-state index is 13.2. The van der Waals surface area contributed by atoms with Gasteiger partial charge >= 0.3 is 0 Å². The van der Waals surface area contributed by atoms with Crippen LogP contribution in [0.15, 0.2) is 54.6 Å². The third-order valence-electron chi connectivity index (χ3n) is 4.17. The van der Waals surface area contributed by atoms with Gasteiger partial charge in [0.05, 0.1) is 11.4 Å². The van der Waals surface area contributed by atoms with Crippen LogP contribution < -0.4 is 0 Å². The zero-order valence-electron chi connectivity index (χ0n) is 14.6. The Morgan fingerprint density at radius 1 is 1.12 bits per heavy atom. The number of amides is 1. The molecular weight excluding hydrogens is 353 g/mol. The lowest BCUT2D eigenvalue weighted by Crippen LogP contribution is -2.32. The molecule has 0 aliphatic rings. The molecular formula is C20H19ClFN3O. The largest absolute Gasteiger partial charge is 0.338 e. The predicted octanol–water partition coefficient (Wildman–Crippen LogP) is 4.81. The fourth-order valence-electron chi connectivity index (χ4n) is 2.77. The van der Waals surface area contributed by atoms with E-state index in [1.807, 2.05) is 26.0 Å². The first-order valence-corrected chi connectivity index (χ1v) is 8.82. The van der Waals surface area contributed by atoms with E-state index in [9.17, 15) is 9.18 Å². The molecule has 0 atom stereocenters. The number of nitrogens with zero attached hydrogens (tertiary/aromatic N) is 3. The highest BCUT2D eigenvalue weighted by molar-refractivity contribution is 6.30. The Labute approximate surface area is 156 Å². The van der Waals surface area contributed by atoms with Crippen molar-refractivity contribution in [2.75, 3.05) is 13.1 Å². The number of benzene rings is 2. The molecule has 3 rings (SSSR count). The van der Waals surface area contributed by atoms with Crippen LogP contribution in [0.5, 0.6) is 0 Å². The Bertz CT molecular complexity index is 917. The lowest BCUT2D eigenvalue weighted by Gasteiger charge is -2.19. The van der Waals surface area contributed by atoms with Gasteiger partial charge in [0.2, 0.25) is 0 Å². The highest BCUT2D eigenvalue weighted by atomic mass is 35.5. The van der Waals surface area contributed by atoms with Gasteiger partial charge in [-0.15, -0.1) is 0 Å². The molecule has 0 radical (unpaired) electrons. The van der Waals surface area contributed by atoms with Crippen LogP contribution >= 0.6 is 11.6 Å². The summed E-state index contributed by atoms with van der Waals surface area (Å²) in [5, 5.41) is 5.14. The van der Waals surface area contributed by atoms with Gasteiger partial charge in [0, 0.05) is 23.7 Å². The van der Waals surface area contributed by atoms with Gasteiger partial charge in [-0.25, -0.2) is 9.07 Å². The van der Waals surface area contributed by atoms with E-state index in [4.69, 9.17) is 11.6 Å².